The van der Waals surface area contributed by atoms with Crippen LogP contribution in [0.1, 0.15) is 21.7 Å². The normalized spacial score (nSPS) is 10.6. The molecule has 1 aromatic heterocycles. The number of nitrogens with zero attached hydrogens (tertiary/aromatic N) is 2. The minimum atomic E-state index is -0.376. The molecule has 0 aliphatic heterocycles. The van der Waals surface area contributed by atoms with Crippen molar-refractivity contribution < 1.29 is 19.1 Å². The van der Waals surface area contributed by atoms with Gasteiger partial charge in [0.2, 0.25) is 0 Å². The average Bonchev–Trinajstić information content (AvgIpc) is 3.32. The first-order valence-corrected chi connectivity index (χ1v) is 11.7. The molecule has 0 saturated carbocycles. The van der Waals surface area contributed by atoms with Crippen LogP contribution in [0.15, 0.2) is 83.5 Å². The molecule has 4 rings (SSSR count). The fraction of sp³-hybridized carbons (Fsp3) is 0.148. The van der Waals surface area contributed by atoms with Gasteiger partial charge in [-0.25, -0.2) is 9.78 Å². The Kier molecular flexibility index (Phi) is 7.62. The molecule has 8 heteroatoms. The lowest BCUT2D eigenvalue weighted by molar-refractivity contribution is -0.138. The van der Waals surface area contributed by atoms with Crippen LogP contribution in [0.2, 0.25) is 0 Å². The lowest BCUT2D eigenvalue weighted by Crippen LogP contribution is -2.14. The minimum absolute atomic E-state index is 0.0987. The second kappa shape index (κ2) is 11.0. The number of aromatic nitrogens is 2. The number of ether oxygens (including phenoxy) is 2. The van der Waals surface area contributed by atoms with Gasteiger partial charge in [0.1, 0.15) is 12.4 Å². The van der Waals surface area contributed by atoms with E-state index in [1.165, 1.54) is 14.2 Å². The molecule has 1 heterocycles. The molecule has 0 atom stereocenters. The number of nitrogens with one attached hydrogen (secondary N) is 1. The van der Waals surface area contributed by atoms with Crippen molar-refractivity contribution in [2.24, 2.45) is 0 Å². The SMILES string of the molecule is COC(=O)CNc1ccc(-n2cc(-c3ccc(C(=O)OC)cc3)nc2Cc2ccc(Br)cc2)cc1. The maximum Gasteiger partial charge on any atom is 0.337 e. The molecular weight excluding hydrogens is 510 g/mol. The van der Waals surface area contributed by atoms with Crippen molar-refractivity contribution in [3.8, 4) is 16.9 Å². The van der Waals surface area contributed by atoms with Gasteiger partial charge in [-0.15, -0.1) is 0 Å². The monoisotopic (exact) mass is 533 g/mol. The smallest absolute Gasteiger partial charge is 0.337 e. The van der Waals surface area contributed by atoms with E-state index in [-0.39, 0.29) is 18.5 Å². The minimum Gasteiger partial charge on any atom is -0.468 e. The number of imidazole rings is 1. The molecule has 1 N–H and O–H groups in total. The summed E-state index contributed by atoms with van der Waals surface area (Å²) in [6, 6.07) is 23.1. The number of hydrogen-bond donors (Lipinski definition) is 1. The quantitative estimate of drug-likeness (QED) is 0.311. The lowest BCUT2D eigenvalue weighted by atomic mass is 10.1. The topological polar surface area (TPSA) is 82.5 Å². The summed E-state index contributed by atoms with van der Waals surface area (Å²) in [5, 5.41) is 3.04. The number of carbonyl (C=O) groups is 2. The van der Waals surface area contributed by atoms with Crippen molar-refractivity contribution in [2.75, 3.05) is 26.1 Å². The Bertz CT molecular complexity index is 1310. The van der Waals surface area contributed by atoms with Crippen molar-refractivity contribution in [2.45, 2.75) is 6.42 Å². The van der Waals surface area contributed by atoms with E-state index in [9.17, 15) is 9.59 Å². The number of anilines is 1. The highest BCUT2D eigenvalue weighted by molar-refractivity contribution is 9.10. The van der Waals surface area contributed by atoms with Crippen molar-refractivity contribution >= 4 is 33.6 Å². The first-order valence-electron chi connectivity index (χ1n) is 10.9. The van der Waals surface area contributed by atoms with Gasteiger partial charge in [-0.05, 0) is 54.1 Å². The first kappa shape index (κ1) is 24.2. The van der Waals surface area contributed by atoms with E-state index in [2.05, 4.69) is 42.7 Å². The first-order chi connectivity index (χ1) is 17.0. The van der Waals surface area contributed by atoms with E-state index >= 15 is 0 Å². The Labute approximate surface area is 211 Å². The molecule has 7 nitrogen and oxygen atoms in total. The van der Waals surface area contributed by atoms with Crippen molar-refractivity contribution in [1.29, 1.82) is 0 Å². The summed E-state index contributed by atoms with van der Waals surface area (Å²) in [6.07, 6.45) is 2.62. The second-order valence-corrected chi connectivity index (χ2v) is 8.68. The van der Waals surface area contributed by atoms with Gasteiger partial charge in [0.05, 0.1) is 25.5 Å². The number of hydrogen-bond acceptors (Lipinski definition) is 6. The van der Waals surface area contributed by atoms with Crippen LogP contribution in [0.5, 0.6) is 0 Å². The standard InChI is InChI=1S/C27H24BrN3O4/c1-34-26(32)16-29-22-11-13-23(14-12-22)31-17-24(19-5-7-20(8-6-19)27(33)35-2)30-25(31)15-18-3-9-21(28)10-4-18/h3-14,17,29H,15-16H2,1-2H3. The zero-order chi connectivity index (χ0) is 24.8. The zero-order valence-corrected chi connectivity index (χ0v) is 20.9. The number of rotatable bonds is 8. The van der Waals surface area contributed by atoms with E-state index in [1.807, 2.05) is 54.7 Å². The summed E-state index contributed by atoms with van der Waals surface area (Å²) in [7, 11) is 2.72. The predicted octanol–water partition coefficient (Wildman–Crippen LogP) is 5.26. The molecule has 178 valence electrons. The Hall–Kier alpha value is -3.91. The molecule has 3 aromatic carbocycles. The highest BCUT2D eigenvalue weighted by Gasteiger charge is 2.14. The maximum atomic E-state index is 11.8. The van der Waals surface area contributed by atoms with Gasteiger partial charge in [-0.3, -0.25) is 4.79 Å². The maximum absolute atomic E-state index is 11.8. The van der Waals surface area contributed by atoms with E-state index in [1.54, 1.807) is 12.1 Å². The zero-order valence-electron chi connectivity index (χ0n) is 19.3. The summed E-state index contributed by atoms with van der Waals surface area (Å²) in [4.78, 5) is 28.1. The largest absolute Gasteiger partial charge is 0.468 e. The summed E-state index contributed by atoms with van der Waals surface area (Å²) in [6.45, 7) is 0.0987. The third kappa shape index (κ3) is 5.96. The summed E-state index contributed by atoms with van der Waals surface area (Å²) >= 11 is 3.48. The van der Waals surface area contributed by atoms with Crippen LogP contribution in [-0.2, 0) is 20.7 Å². The van der Waals surface area contributed by atoms with Crippen molar-refractivity contribution in [3.63, 3.8) is 0 Å². The van der Waals surface area contributed by atoms with Gasteiger partial charge in [0.25, 0.3) is 0 Å². The third-order valence-corrected chi connectivity index (χ3v) is 5.99. The fourth-order valence-corrected chi connectivity index (χ4v) is 3.84. The fourth-order valence-electron chi connectivity index (χ4n) is 3.57. The highest BCUT2D eigenvalue weighted by Crippen LogP contribution is 2.25. The third-order valence-electron chi connectivity index (χ3n) is 5.47. The van der Waals surface area contributed by atoms with Crippen LogP contribution < -0.4 is 5.32 Å². The molecule has 4 aromatic rings. The van der Waals surface area contributed by atoms with Crippen molar-refractivity contribution in [3.05, 3.63) is 100 Å². The summed E-state index contributed by atoms with van der Waals surface area (Å²) in [5.74, 6) is 0.164. The molecule has 0 aliphatic rings. The molecule has 0 bridgehead atoms. The Morgan fingerprint density at radius 2 is 1.60 bits per heavy atom. The molecule has 0 radical (unpaired) electrons. The van der Waals surface area contributed by atoms with Gasteiger partial charge in [-0.1, -0.05) is 40.2 Å². The van der Waals surface area contributed by atoms with Crippen LogP contribution in [0.25, 0.3) is 16.9 Å². The number of halogens is 1. The molecule has 0 fully saturated rings. The Morgan fingerprint density at radius 3 is 2.23 bits per heavy atom. The van der Waals surface area contributed by atoms with Crippen LogP contribution in [0.4, 0.5) is 5.69 Å². The van der Waals surface area contributed by atoms with E-state index in [4.69, 9.17) is 9.72 Å². The molecule has 0 unspecified atom stereocenters. The molecular formula is C27H24BrN3O4. The number of methoxy groups -OCH3 is 2. The van der Waals surface area contributed by atoms with Gasteiger partial charge >= 0.3 is 11.9 Å². The van der Waals surface area contributed by atoms with Crippen LogP contribution in [-0.4, -0.2) is 42.3 Å². The number of esters is 2. The molecule has 0 saturated heterocycles. The molecule has 0 spiro atoms. The van der Waals surface area contributed by atoms with Gasteiger partial charge < -0.3 is 19.4 Å². The lowest BCUT2D eigenvalue weighted by Gasteiger charge is -2.10. The highest BCUT2D eigenvalue weighted by atomic mass is 79.9. The molecule has 0 amide bonds. The average molecular weight is 534 g/mol. The van der Waals surface area contributed by atoms with Crippen molar-refractivity contribution in [1.82, 2.24) is 9.55 Å². The summed E-state index contributed by atoms with van der Waals surface area (Å²) < 4.78 is 12.5. The van der Waals surface area contributed by atoms with Crippen LogP contribution >= 0.6 is 15.9 Å². The van der Waals surface area contributed by atoms with Gasteiger partial charge in [0.15, 0.2) is 0 Å². The Balaban J connectivity index is 1.66. The molecule has 35 heavy (non-hydrogen) atoms. The van der Waals surface area contributed by atoms with Gasteiger partial charge in [-0.2, -0.15) is 0 Å². The number of carbonyl (C=O) groups excluding carboxylic acids is 2. The van der Waals surface area contributed by atoms with E-state index < -0.39 is 0 Å². The number of benzene rings is 3. The second-order valence-electron chi connectivity index (χ2n) is 7.76. The Morgan fingerprint density at radius 1 is 0.914 bits per heavy atom. The van der Waals surface area contributed by atoms with Gasteiger partial charge in [0, 0.05) is 34.0 Å². The van der Waals surface area contributed by atoms with Crippen LogP contribution in [0.3, 0.4) is 0 Å². The van der Waals surface area contributed by atoms with E-state index in [0.717, 1.165) is 38.5 Å². The predicted molar refractivity (Wildman–Crippen MR) is 138 cm³/mol. The van der Waals surface area contributed by atoms with Crippen LogP contribution in [0, 0.1) is 0 Å². The molecule has 0 aliphatic carbocycles. The summed E-state index contributed by atoms with van der Waals surface area (Å²) in [5.41, 5.74) is 5.05. The van der Waals surface area contributed by atoms with E-state index in [0.29, 0.717) is 12.0 Å².